The maximum atomic E-state index is 13.6. The van der Waals surface area contributed by atoms with Crippen molar-refractivity contribution in [2.24, 2.45) is 0 Å². The first kappa shape index (κ1) is 77.4. The zero-order chi connectivity index (χ0) is 59.3. The van der Waals surface area contributed by atoms with Crippen molar-refractivity contribution in [3.05, 3.63) is 122 Å². The fraction of sp³-hybridized carbons (Fsp3) is 0.690. The molecule has 1 N–H and O–H groups in total. The fourth-order valence-corrected chi connectivity index (χ4v) is 9.55. The molecule has 0 rings (SSSR count). The van der Waals surface area contributed by atoms with Crippen molar-refractivity contribution in [1.82, 2.24) is 5.32 Å². The largest absolute Gasteiger partial charge is 0.756 e. The van der Waals surface area contributed by atoms with E-state index in [1.165, 1.54) is 109 Å². The first-order chi connectivity index (χ1) is 39.4. The van der Waals surface area contributed by atoms with Crippen LogP contribution in [-0.4, -0.2) is 69.4 Å². The highest BCUT2D eigenvalue weighted by Gasteiger charge is 2.27. The predicted octanol–water partition coefficient (Wildman–Crippen LogP) is 20.0. The number of nitrogens with zero attached hydrogens (tertiary/aromatic N) is 1. The minimum Gasteiger partial charge on any atom is -0.756 e. The van der Waals surface area contributed by atoms with Gasteiger partial charge in [-0.15, -0.1) is 0 Å². The molecular weight excluding hydrogens is 1020 g/mol. The molecule has 10 heteroatoms. The Hall–Kier alpha value is -3.59. The normalized spacial score (nSPS) is 14.4. The van der Waals surface area contributed by atoms with Gasteiger partial charge in [0, 0.05) is 12.8 Å². The first-order valence-corrected chi connectivity index (χ1v) is 34.3. The predicted molar refractivity (Wildman–Crippen MR) is 348 cm³/mol. The lowest BCUT2D eigenvalue weighted by molar-refractivity contribution is -0.870. The van der Waals surface area contributed by atoms with Gasteiger partial charge in [0.05, 0.1) is 33.8 Å². The Kier molecular flexibility index (Phi) is 56.9. The Morgan fingerprint density at radius 2 is 0.790 bits per heavy atom. The number of esters is 1. The Balaban J connectivity index is 5.23. The van der Waals surface area contributed by atoms with Crippen molar-refractivity contribution in [3.8, 4) is 0 Å². The quantitative estimate of drug-likeness (QED) is 0.0212. The molecular formula is C71H123N2O7P. The Morgan fingerprint density at radius 3 is 1.22 bits per heavy atom. The Bertz CT molecular complexity index is 1800. The SMILES string of the molecule is CC/C=C\C/C=C\C/C=C\C/C=C\C/C=C\C/C=C\CCCCC(=O)OC(/C=C/CCCCCCCCCCC)C(COP(=O)([O-])OCC[N+](C)(C)C)NC(=O)CCCCCCCCCCCC/C=C\C/C=C\C/C=C\CCCCC. The summed E-state index contributed by atoms with van der Waals surface area (Å²) in [5.41, 5.74) is 0. The number of nitrogens with one attached hydrogen (secondary N) is 1. The van der Waals surface area contributed by atoms with Crippen LogP contribution in [0.15, 0.2) is 122 Å². The number of carbonyl (C=O) groups excluding carboxylic acids is 2. The van der Waals surface area contributed by atoms with Gasteiger partial charge in [0.2, 0.25) is 5.91 Å². The number of rotatable bonds is 58. The van der Waals surface area contributed by atoms with Gasteiger partial charge in [-0.2, -0.15) is 0 Å². The molecule has 0 aliphatic carbocycles. The highest BCUT2D eigenvalue weighted by Crippen LogP contribution is 2.38. The van der Waals surface area contributed by atoms with Crippen LogP contribution in [-0.2, 0) is 27.9 Å². The lowest BCUT2D eigenvalue weighted by atomic mass is 10.0. The van der Waals surface area contributed by atoms with Crippen LogP contribution in [0.25, 0.3) is 0 Å². The Morgan fingerprint density at radius 1 is 0.444 bits per heavy atom. The molecule has 0 aromatic heterocycles. The first-order valence-electron chi connectivity index (χ1n) is 32.8. The van der Waals surface area contributed by atoms with Gasteiger partial charge in [0.15, 0.2) is 0 Å². The molecule has 3 atom stereocenters. The number of quaternary nitrogens is 1. The van der Waals surface area contributed by atoms with Gasteiger partial charge in [-0.1, -0.05) is 252 Å². The molecule has 0 aliphatic rings. The topological polar surface area (TPSA) is 114 Å². The van der Waals surface area contributed by atoms with E-state index in [4.69, 9.17) is 13.8 Å². The molecule has 0 saturated carbocycles. The van der Waals surface area contributed by atoms with Crippen LogP contribution in [0.5, 0.6) is 0 Å². The standard InChI is InChI=1S/C71H123N2O7P/c1-7-10-13-16-19-22-25-27-29-31-33-35-36-38-39-41-43-45-48-51-54-57-60-63-70(74)72-68(67-79-81(76,77)78-66-65-73(4,5)6)69(62-59-56-53-50-47-24-21-18-15-12-9-3)80-71(75)64-61-58-55-52-49-46-44-42-40-37-34-32-30-28-26-23-20-17-14-11-8-2/h11,14,19-20,22-23,27-30,33-35,37,42,44,49,52,59,62,68-69H,7-10,12-13,15-18,21,24-26,31-32,36,38-41,43,45-48,50-51,53-58,60-61,63-67H2,1-6H3,(H-,72,74,76,77)/b14-11-,22-19-,23-20-,29-27-,30-28-,35-33-,37-34-,44-42-,52-49-,62-59+. The van der Waals surface area contributed by atoms with E-state index in [1.807, 2.05) is 33.3 Å². The maximum absolute atomic E-state index is 13.6. The summed E-state index contributed by atoms with van der Waals surface area (Å²) in [5, 5.41) is 3.02. The number of allylic oxidation sites excluding steroid dienone is 19. The van der Waals surface area contributed by atoms with Crippen molar-refractivity contribution in [3.63, 3.8) is 0 Å². The number of likely N-dealkylation sites (N-methyl/N-ethyl adjacent to an activating group) is 1. The summed E-state index contributed by atoms with van der Waals surface area (Å²) in [6.45, 7) is 6.66. The number of carbonyl (C=O) groups is 2. The molecule has 0 aromatic carbocycles. The molecule has 464 valence electrons. The van der Waals surface area contributed by atoms with Crippen molar-refractivity contribution in [2.75, 3.05) is 40.9 Å². The molecule has 81 heavy (non-hydrogen) atoms. The summed E-state index contributed by atoms with van der Waals surface area (Å²) >= 11 is 0. The van der Waals surface area contributed by atoms with E-state index in [0.29, 0.717) is 23.9 Å². The molecule has 0 aliphatic heterocycles. The second-order valence-electron chi connectivity index (χ2n) is 22.9. The fourth-order valence-electron chi connectivity index (χ4n) is 8.83. The third kappa shape index (κ3) is 60.8. The van der Waals surface area contributed by atoms with Crippen LogP contribution in [0.2, 0.25) is 0 Å². The molecule has 9 nitrogen and oxygen atoms in total. The van der Waals surface area contributed by atoms with Gasteiger partial charge in [-0.05, 0) is 122 Å². The van der Waals surface area contributed by atoms with Gasteiger partial charge in [0.25, 0.3) is 7.82 Å². The van der Waals surface area contributed by atoms with E-state index in [9.17, 15) is 19.0 Å². The number of ether oxygens (including phenoxy) is 1. The van der Waals surface area contributed by atoms with Crippen LogP contribution >= 0.6 is 7.82 Å². The molecule has 0 fully saturated rings. The van der Waals surface area contributed by atoms with Crippen LogP contribution in [0.4, 0.5) is 0 Å². The van der Waals surface area contributed by atoms with Crippen LogP contribution < -0.4 is 10.2 Å². The molecule has 3 unspecified atom stereocenters. The van der Waals surface area contributed by atoms with E-state index >= 15 is 0 Å². The second-order valence-corrected chi connectivity index (χ2v) is 24.3. The minimum absolute atomic E-state index is 0.0364. The van der Waals surface area contributed by atoms with E-state index in [0.717, 1.165) is 116 Å². The number of unbranched alkanes of at least 4 members (excludes halogenated alkanes) is 24. The highest BCUT2D eigenvalue weighted by atomic mass is 31.2. The number of hydrogen-bond donors (Lipinski definition) is 1. The monoisotopic (exact) mass is 1150 g/mol. The summed E-state index contributed by atoms with van der Waals surface area (Å²) in [5.74, 6) is -0.602. The summed E-state index contributed by atoms with van der Waals surface area (Å²) < 4.78 is 30.3. The zero-order valence-corrected chi connectivity index (χ0v) is 53.8. The van der Waals surface area contributed by atoms with Crippen molar-refractivity contribution in [2.45, 2.75) is 277 Å². The second kappa shape index (κ2) is 59.6. The van der Waals surface area contributed by atoms with E-state index < -0.39 is 26.6 Å². The number of phosphoric acid groups is 1. The summed E-state index contributed by atoms with van der Waals surface area (Å²) in [4.78, 5) is 40.0. The zero-order valence-electron chi connectivity index (χ0n) is 52.9. The van der Waals surface area contributed by atoms with Crippen molar-refractivity contribution in [1.29, 1.82) is 0 Å². The maximum Gasteiger partial charge on any atom is 0.306 e. The lowest BCUT2D eigenvalue weighted by Crippen LogP contribution is -2.47. The van der Waals surface area contributed by atoms with Crippen LogP contribution in [0.3, 0.4) is 0 Å². The van der Waals surface area contributed by atoms with Gasteiger partial charge >= 0.3 is 5.97 Å². The lowest BCUT2D eigenvalue weighted by Gasteiger charge is -2.30. The van der Waals surface area contributed by atoms with Crippen molar-refractivity contribution >= 4 is 19.7 Å². The molecule has 0 spiro atoms. The number of phosphoric ester groups is 1. The molecule has 0 bridgehead atoms. The van der Waals surface area contributed by atoms with E-state index in [1.54, 1.807) is 0 Å². The van der Waals surface area contributed by atoms with Crippen molar-refractivity contribution < 1.29 is 37.3 Å². The van der Waals surface area contributed by atoms with Crippen LogP contribution in [0.1, 0.15) is 265 Å². The third-order valence-electron chi connectivity index (χ3n) is 13.9. The highest BCUT2D eigenvalue weighted by molar-refractivity contribution is 7.45. The van der Waals surface area contributed by atoms with Gasteiger partial charge in [0.1, 0.15) is 19.3 Å². The average molecular weight is 1150 g/mol. The third-order valence-corrected chi connectivity index (χ3v) is 14.8. The summed E-state index contributed by atoms with van der Waals surface area (Å²) in [6, 6.07) is -0.917. The minimum atomic E-state index is -4.72. The Labute approximate surface area is 499 Å². The summed E-state index contributed by atoms with van der Waals surface area (Å²) in [7, 11) is 1.14. The molecule has 0 heterocycles. The molecule has 0 aromatic rings. The smallest absolute Gasteiger partial charge is 0.306 e. The summed E-state index contributed by atoms with van der Waals surface area (Å²) in [6.07, 6.45) is 83.2. The van der Waals surface area contributed by atoms with E-state index in [-0.39, 0.29) is 24.9 Å². The molecule has 0 saturated heterocycles. The number of amides is 1. The molecule has 0 radical (unpaired) electrons. The average Bonchev–Trinajstić information content (AvgIpc) is 3.43. The van der Waals surface area contributed by atoms with Gasteiger partial charge < -0.3 is 28.5 Å². The van der Waals surface area contributed by atoms with E-state index in [2.05, 4.69) is 135 Å². The molecule has 1 amide bonds. The number of hydrogen-bond acceptors (Lipinski definition) is 7. The van der Waals surface area contributed by atoms with Gasteiger partial charge in [-0.25, -0.2) is 0 Å². The van der Waals surface area contributed by atoms with Crippen LogP contribution in [0, 0.1) is 0 Å². The van der Waals surface area contributed by atoms with Gasteiger partial charge in [-0.3, -0.25) is 14.2 Å².